The number of nitrogen functional groups attached to an aromatic ring is 1. The number of ether oxygens (including phenoxy) is 1. The molecule has 0 saturated heterocycles. The summed E-state index contributed by atoms with van der Waals surface area (Å²) in [6.45, 7) is 0. The molecule has 0 fully saturated rings. The van der Waals surface area contributed by atoms with Crippen LogP contribution in [0.3, 0.4) is 0 Å². The van der Waals surface area contributed by atoms with E-state index in [9.17, 15) is 8.42 Å². The molecule has 0 bridgehead atoms. The summed E-state index contributed by atoms with van der Waals surface area (Å²) < 4.78 is 32.1. The zero-order valence-electron chi connectivity index (χ0n) is 10.9. The van der Waals surface area contributed by atoms with Crippen LogP contribution in [0, 0.1) is 0 Å². The second-order valence-corrected chi connectivity index (χ2v) is 6.66. The van der Waals surface area contributed by atoms with Gasteiger partial charge in [-0.1, -0.05) is 23.2 Å². The number of halogens is 2. The van der Waals surface area contributed by atoms with Gasteiger partial charge in [-0.05, 0) is 30.3 Å². The van der Waals surface area contributed by atoms with Gasteiger partial charge in [0.15, 0.2) is 0 Å². The van der Waals surface area contributed by atoms with Crippen LogP contribution in [0.15, 0.2) is 41.3 Å². The van der Waals surface area contributed by atoms with E-state index < -0.39 is 10.0 Å². The molecule has 3 N–H and O–H groups in total. The fourth-order valence-electron chi connectivity index (χ4n) is 1.64. The number of hydrogen-bond donors (Lipinski definition) is 2. The van der Waals surface area contributed by atoms with E-state index in [0.29, 0.717) is 10.7 Å². The predicted octanol–water partition coefficient (Wildman–Crippen LogP) is 3.39. The lowest BCUT2D eigenvalue weighted by molar-refractivity contribution is 0.415. The Morgan fingerprint density at radius 3 is 2.52 bits per heavy atom. The topological polar surface area (TPSA) is 81.4 Å². The van der Waals surface area contributed by atoms with Crippen LogP contribution in [0.5, 0.6) is 5.75 Å². The maximum atomic E-state index is 12.3. The number of nitrogens with two attached hydrogens (primary N) is 1. The van der Waals surface area contributed by atoms with E-state index in [-0.39, 0.29) is 21.4 Å². The minimum absolute atomic E-state index is 0.00425. The van der Waals surface area contributed by atoms with E-state index in [4.69, 9.17) is 33.7 Å². The van der Waals surface area contributed by atoms with Crippen molar-refractivity contribution in [3.8, 4) is 5.75 Å². The largest absolute Gasteiger partial charge is 0.495 e. The molecule has 5 nitrogen and oxygen atoms in total. The monoisotopic (exact) mass is 346 g/mol. The summed E-state index contributed by atoms with van der Waals surface area (Å²) in [5.74, 6) is 0.273. The molecule has 2 rings (SSSR count). The van der Waals surface area contributed by atoms with Gasteiger partial charge in [0.05, 0.1) is 28.4 Å². The lowest BCUT2D eigenvalue weighted by Crippen LogP contribution is -2.13. The number of sulfonamides is 1. The average Bonchev–Trinajstić information content (AvgIpc) is 2.43. The zero-order chi connectivity index (χ0) is 15.6. The molecular formula is C13H12Cl2N2O3S. The first kappa shape index (κ1) is 15.8. The molecule has 0 radical (unpaired) electrons. The van der Waals surface area contributed by atoms with Gasteiger partial charge >= 0.3 is 0 Å². The van der Waals surface area contributed by atoms with Crippen molar-refractivity contribution in [3.05, 3.63) is 46.4 Å². The van der Waals surface area contributed by atoms with Crippen LogP contribution in [0.2, 0.25) is 10.0 Å². The summed E-state index contributed by atoms with van der Waals surface area (Å²) in [6.07, 6.45) is 0. The Morgan fingerprint density at radius 1 is 1.14 bits per heavy atom. The molecular weight excluding hydrogens is 335 g/mol. The van der Waals surface area contributed by atoms with Crippen molar-refractivity contribution in [2.45, 2.75) is 4.90 Å². The highest BCUT2D eigenvalue weighted by Crippen LogP contribution is 2.30. The molecule has 2 aromatic rings. The number of nitrogens with one attached hydrogen (secondary N) is 1. The van der Waals surface area contributed by atoms with E-state index in [0.717, 1.165) is 0 Å². The van der Waals surface area contributed by atoms with Crippen molar-refractivity contribution in [2.75, 3.05) is 17.6 Å². The standard InChI is InChI=1S/C13H12Cl2N2O3S/c1-20-13-7-9(3-5-11(13)16)21(18,19)17-12-6-8(14)2-4-10(12)15/h2-7,17H,16H2,1H3. The Balaban J connectivity index is 2.41. The second-order valence-electron chi connectivity index (χ2n) is 4.13. The molecule has 0 spiro atoms. The Morgan fingerprint density at radius 2 is 1.86 bits per heavy atom. The molecule has 0 aliphatic heterocycles. The van der Waals surface area contributed by atoms with Crippen LogP contribution in [-0.4, -0.2) is 15.5 Å². The summed E-state index contributed by atoms with van der Waals surface area (Å²) in [5.41, 5.74) is 6.20. The maximum absolute atomic E-state index is 12.3. The van der Waals surface area contributed by atoms with Crippen LogP contribution in [0.4, 0.5) is 11.4 Å². The molecule has 0 amide bonds. The quantitative estimate of drug-likeness (QED) is 0.831. The van der Waals surface area contributed by atoms with Crippen LogP contribution in [0.25, 0.3) is 0 Å². The number of rotatable bonds is 4. The van der Waals surface area contributed by atoms with Gasteiger partial charge in [0, 0.05) is 11.1 Å². The third kappa shape index (κ3) is 3.53. The van der Waals surface area contributed by atoms with E-state index in [2.05, 4.69) is 4.72 Å². The molecule has 0 saturated carbocycles. The van der Waals surface area contributed by atoms with Crippen molar-refractivity contribution in [1.29, 1.82) is 0 Å². The highest BCUT2D eigenvalue weighted by atomic mass is 35.5. The third-order valence-corrected chi connectivity index (χ3v) is 4.62. The van der Waals surface area contributed by atoms with Crippen molar-refractivity contribution in [1.82, 2.24) is 0 Å². The Labute approximate surface area is 132 Å². The summed E-state index contributed by atoms with van der Waals surface area (Å²) in [6, 6.07) is 8.65. The fraction of sp³-hybridized carbons (Fsp3) is 0.0769. The van der Waals surface area contributed by atoms with Gasteiger partial charge < -0.3 is 10.5 Å². The third-order valence-electron chi connectivity index (χ3n) is 2.69. The van der Waals surface area contributed by atoms with E-state index >= 15 is 0 Å². The molecule has 0 unspecified atom stereocenters. The molecule has 0 aromatic heterocycles. The fourth-order valence-corrected chi connectivity index (χ4v) is 3.12. The number of hydrogen-bond acceptors (Lipinski definition) is 4. The first-order chi connectivity index (χ1) is 9.83. The smallest absolute Gasteiger partial charge is 0.262 e. The molecule has 0 atom stereocenters. The maximum Gasteiger partial charge on any atom is 0.262 e. The van der Waals surface area contributed by atoms with Gasteiger partial charge in [0.2, 0.25) is 0 Å². The second kappa shape index (κ2) is 6.01. The minimum Gasteiger partial charge on any atom is -0.495 e. The normalized spacial score (nSPS) is 11.2. The lowest BCUT2D eigenvalue weighted by atomic mass is 10.3. The van der Waals surface area contributed by atoms with Crippen LogP contribution >= 0.6 is 23.2 Å². The van der Waals surface area contributed by atoms with Crippen molar-refractivity contribution in [3.63, 3.8) is 0 Å². The van der Waals surface area contributed by atoms with Crippen molar-refractivity contribution < 1.29 is 13.2 Å². The molecule has 0 aliphatic carbocycles. The first-order valence-corrected chi connectivity index (χ1v) is 7.99. The van der Waals surface area contributed by atoms with Crippen LogP contribution in [0.1, 0.15) is 0 Å². The van der Waals surface area contributed by atoms with Crippen LogP contribution in [-0.2, 0) is 10.0 Å². The highest BCUT2D eigenvalue weighted by molar-refractivity contribution is 7.92. The first-order valence-electron chi connectivity index (χ1n) is 5.75. The van der Waals surface area contributed by atoms with Gasteiger partial charge in [-0.25, -0.2) is 8.42 Å². The van der Waals surface area contributed by atoms with Gasteiger partial charge in [-0.2, -0.15) is 0 Å². The summed E-state index contributed by atoms with van der Waals surface area (Å²) in [4.78, 5) is 0.00425. The lowest BCUT2D eigenvalue weighted by Gasteiger charge is -2.11. The summed E-state index contributed by atoms with van der Waals surface area (Å²) in [7, 11) is -2.42. The average molecular weight is 347 g/mol. The molecule has 0 aliphatic rings. The van der Waals surface area contributed by atoms with Crippen molar-refractivity contribution >= 4 is 44.6 Å². The zero-order valence-corrected chi connectivity index (χ0v) is 13.3. The summed E-state index contributed by atoms with van der Waals surface area (Å²) >= 11 is 11.8. The Kier molecular flexibility index (Phi) is 4.51. The molecule has 0 heterocycles. The SMILES string of the molecule is COc1cc(S(=O)(=O)Nc2cc(Cl)ccc2Cl)ccc1N. The van der Waals surface area contributed by atoms with E-state index in [1.165, 1.54) is 37.4 Å². The Bertz CT molecular complexity index is 779. The van der Waals surface area contributed by atoms with Gasteiger partial charge in [0.25, 0.3) is 10.0 Å². The van der Waals surface area contributed by atoms with Gasteiger partial charge in [-0.3, -0.25) is 4.72 Å². The molecule has 21 heavy (non-hydrogen) atoms. The minimum atomic E-state index is -3.83. The van der Waals surface area contributed by atoms with Crippen LogP contribution < -0.4 is 15.2 Å². The van der Waals surface area contributed by atoms with E-state index in [1.54, 1.807) is 6.07 Å². The van der Waals surface area contributed by atoms with Crippen molar-refractivity contribution in [2.24, 2.45) is 0 Å². The number of benzene rings is 2. The number of anilines is 2. The van der Waals surface area contributed by atoms with E-state index in [1.807, 2.05) is 0 Å². The molecule has 8 heteroatoms. The molecule has 2 aromatic carbocycles. The Hall–Kier alpha value is -1.63. The van der Waals surface area contributed by atoms with Gasteiger partial charge in [-0.15, -0.1) is 0 Å². The summed E-state index contributed by atoms with van der Waals surface area (Å²) in [5, 5.41) is 0.609. The predicted molar refractivity (Wildman–Crippen MR) is 84.7 cm³/mol. The number of methoxy groups -OCH3 is 1. The van der Waals surface area contributed by atoms with Gasteiger partial charge in [0.1, 0.15) is 5.75 Å². The highest BCUT2D eigenvalue weighted by Gasteiger charge is 2.17. The molecule has 112 valence electrons.